The molecule has 20 heavy (non-hydrogen) atoms. The lowest BCUT2D eigenvalue weighted by molar-refractivity contribution is 0.0994. The van der Waals surface area contributed by atoms with Gasteiger partial charge in [0.25, 0.3) is 0 Å². The van der Waals surface area contributed by atoms with Gasteiger partial charge in [0, 0.05) is 12.1 Å². The lowest BCUT2D eigenvalue weighted by Gasteiger charge is -2.10. The number of hydrogen-bond acceptors (Lipinski definition) is 4. The Hall–Kier alpha value is -1.82. The number of rotatable bonds is 5. The van der Waals surface area contributed by atoms with Crippen molar-refractivity contribution in [1.82, 2.24) is 14.8 Å². The first-order chi connectivity index (χ1) is 9.52. The van der Waals surface area contributed by atoms with Crippen LogP contribution in [0.3, 0.4) is 0 Å². The van der Waals surface area contributed by atoms with Gasteiger partial charge in [0.05, 0.1) is 5.25 Å². The molecule has 1 aromatic carbocycles. The van der Waals surface area contributed by atoms with E-state index in [-0.39, 0.29) is 16.7 Å². The number of nitrogens with zero attached hydrogens (tertiary/aromatic N) is 2. The Morgan fingerprint density at radius 2 is 2.05 bits per heavy atom. The molecule has 6 heteroatoms. The third kappa shape index (κ3) is 3.01. The molecule has 2 aromatic rings. The molecule has 0 saturated carbocycles. The molecule has 0 radical (unpaired) electrons. The summed E-state index contributed by atoms with van der Waals surface area (Å²) in [5, 5.41) is 6.61. The molecule has 1 N–H and O–H groups in total. The van der Waals surface area contributed by atoms with Crippen LogP contribution in [0.5, 0.6) is 0 Å². The highest BCUT2D eigenvalue weighted by atomic mass is 32.2. The van der Waals surface area contributed by atoms with Crippen LogP contribution in [-0.4, -0.2) is 25.8 Å². The van der Waals surface area contributed by atoms with Gasteiger partial charge in [0.15, 0.2) is 10.9 Å². The number of Topliss-reactive ketones (excluding diaryl/α,β-unsaturated/α-hetero) is 1. The fourth-order valence-electron chi connectivity index (χ4n) is 1.84. The van der Waals surface area contributed by atoms with Gasteiger partial charge >= 0.3 is 5.69 Å². The van der Waals surface area contributed by atoms with E-state index in [2.05, 4.69) is 10.2 Å². The molecule has 1 atom stereocenters. The molecular formula is C14H17N3O2S. The maximum atomic E-state index is 12.3. The minimum absolute atomic E-state index is 0.0353. The van der Waals surface area contributed by atoms with Gasteiger partial charge < -0.3 is 0 Å². The number of H-pyrrole nitrogens is 1. The van der Waals surface area contributed by atoms with Gasteiger partial charge in [-0.25, -0.2) is 9.89 Å². The summed E-state index contributed by atoms with van der Waals surface area (Å²) < 4.78 is 1.52. The van der Waals surface area contributed by atoms with Crippen molar-refractivity contribution in [2.75, 3.05) is 0 Å². The summed E-state index contributed by atoms with van der Waals surface area (Å²) in [5.41, 5.74) is 1.55. The lowest BCUT2D eigenvalue weighted by Crippen LogP contribution is -2.18. The number of thioether (sulfide) groups is 1. The Kier molecular flexibility index (Phi) is 4.44. The van der Waals surface area contributed by atoms with Gasteiger partial charge in [0.1, 0.15) is 0 Å². The first kappa shape index (κ1) is 14.6. The minimum Gasteiger partial charge on any atom is -0.293 e. The summed E-state index contributed by atoms with van der Waals surface area (Å²) in [7, 11) is 0. The Morgan fingerprint density at radius 1 is 1.40 bits per heavy atom. The van der Waals surface area contributed by atoms with E-state index in [4.69, 9.17) is 0 Å². The molecule has 0 aliphatic rings. The van der Waals surface area contributed by atoms with E-state index in [0.29, 0.717) is 17.3 Å². The molecule has 0 bridgehead atoms. The van der Waals surface area contributed by atoms with E-state index in [1.54, 1.807) is 0 Å². The molecule has 1 heterocycles. The van der Waals surface area contributed by atoms with Crippen LogP contribution in [0.1, 0.15) is 29.8 Å². The van der Waals surface area contributed by atoms with Gasteiger partial charge in [-0.1, -0.05) is 41.6 Å². The van der Waals surface area contributed by atoms with Gasteiger partial charge in [-0.3, -0.25) is 9.36 Å². The summed E-state index contributed by atoms with van der Waals surface area (Å²) in [6.45, 7) is 6.21. The van der Waals surface area contributed by atoms with Crippen LogP contribution < -0.4 is 5.69 Å². The minimum atomic E-state index is -0.293. The maximum Gasteiger partial charge on any atom is 0.343 e. The van der Waals surface area contributed by atoms with Crippen LogP contribution in [0.15, 0.2) is 34.2 Å². The fourth-order valence-corrected chi connectivity index (χ4v) is 2.83. The molecule has 0 saturated heterocycles. The van der Waals surface area contributed by atoms with Crippen LogP contribution in [0.2, 0.25) is 0 Å². The normalized spacial score (nSPS) is 12.3. The molecule has 0 amide bonds. The standard InChI is InChI=1S/C14H17N3O2S/c1-4-17-13(19)15-16-14(17)20-10(3)12(18)11-7-5-9(2)6-8-11/h5-8,10H,4H2,1-3H3,(H,15,19). The highest BCUT2D eigenvalue weighted by Crippen LogP contribution is 2.23. The smallest absolute Gasteiger partial charge is 0.293 e. The number of carbonyl (C=O) groups excluding carboxylic acids is 1. The van der Waals surface area contributed by atoms with E-state index in [9.17, 15) is 9.59 Å². The highest BCUT2D eigenvalue weighted by molar-refractivity contribution is 8.00. The first-order valence-corrected chi connectivity index (χ1v) is 7.33. The van der Waals surface area contributed by atoms with Crippen LogP contribution in [0.25, 0.3) is 0 Å². The SMILES string of the molecule is CCn1c(SC(C)C(=O)c2ccc(C)cc2)n[nH]c1=O. The largest absolute Gasteiger partial charge is 0.343 e. The molecular weight excluding hydrogens is 274 g/mol. The van der Waals surface area contributed by atoms with E-state index in [1.807, 2.05) is 45.0 Å². The molecule has 0 aliphatic carbocycles. The predicted molar refractivity (Wildman–Crippen MR) is 79.4 cm³/mol. The third-order valence-electron chi connectivity index (χ3n) is 3.03. The second-order valence-corrected chi connectivity index (χ2v) is 5.85. The van der Waals surface area contributed by atoms with E-state index in [0.717, 1.165) is 5.56 Å². The van der Waals surface area contributed by atoms with E-state index >= 15 is 0 Å². The third-order valence-corrected chi connectivity index (χ3v) is 4.12. The first-order valence-electron chi connectivity index (χ1n) is 6.45. The second kappa shape index (κ2) is 6.09. The predicted octanol–water partition coefficient (Wildman–Crippen LogP) is 2.26. The number of ketones is 1. The molecule has 0 aliphatic heterocycles. The van der Waals surface area contributed by atoms with Crippen LogP contribution in [0, 0.1) is 6.92 Å². The summed E-state index contributed by atoms with van der Waals surface area (Å²) >= 11 is 1.29. The number of benzene rings is 1. The summed E-state index contributed by atoms with van der Waals surface area (Å²) in [6, 6.07) is 7.49. The number of carbonyl (C=O) groups is 1. The van der Waals surface area contributed by atoms with Crippen molar-refractivity contribution < 1.29 is 4.79 Å². The number of nitrogens with one attached hydrogen (secondary N) is 1. The Morgan fingerprint density at radius 3 is 2.65 bits per heavy atom. The number of hydrogen-bond donors (Lipinski definition) is 1. The monoisotopic (exact) mass is 291 g/mol. The van der Waals surface area contributed by atoms with Gasteiger partial charge in [-0.15, -0.1) is 5.10 Å². The van der Waals surface area contributed by atoms with E-state index in [1.165, 1.54) is 16.3 Å². The van der Waals surface area contributed by atoms with Crippen molar-refractivity contribution >= 4 is 17.5 Å². The van der Waals surface area contributed by atoms with Crippen molar-refractivity contribution in [3.05, 3.63) is 45.9 Å². The average Bonchev–Trinajstić information content (AvgIpc) is 2.79. The molecule has 106 valence electrons. The zero-order valence-electron chi connectivity index (χ0n) is 11.7. The quantitative estimate of drug-likeness (QED) is 0.678. The lowest BCUT2D eigenvalue weighted by atomic mass is 10.1. The van der Waals surface area contributed by atoms with Crippen LogP contribution in [0.4, 0.5) is 0 Å². The topological polar surface area (TPSA) is 67.8 Å². The summed E-state index contributed by atoms with van der Waals surface area (Å²) in [5.74, 6) is 0.0353. The van der Waals surface area contributed by atoms with Crippen molar-refractivity contribution in [1.29, 1.82) is 0 Å². The zero-order valence-corrected chi connectivity index (χ0v) is 12.5. The maximum absolute atomic E-state index is 12.3. The number of aromatic nitrogens is 3. The molecule has 5 nitrogen and oxygen atoms in total. The van der Waals surface area contributed by atoms with Gasteiger partial charge in [0.2, 0.25) is 0 Å². The van der Waals surface area contributed by atoms with Gasteiger partial charge in [-0.2, -0.15) is 0 Å². The summed E-state index contributed by atoms with van der Waals surface area (Å²) in [6.07, 6.45) is 0. The molecule has 1 unspecified atom stereocenters. The second-order valence-electron chi connectivity index (χ2n) is 4.55. The molecule has 2 rings (SSSR count). The highest BCUT2D eigenvalue weighted by Gasteiger charge is 2.19. The molecule has 0 fully saturated rings. The Labute approximate surface area is 121 Å². The average molecular weight is 291 g/mol. The van der Waals surface area contributed by atoms with Crippen molar-refractivity contribution in [2.45, 2.75) is 37.7 Å². The number of aryl methyl sites for hydroxylation is 1. The Bertz CT molecular complexity index is 658. The van der Waals surface area contributed by atoms with Crippen LogP contribution in [-0.2, 0) is 6.54 Å². The van der Waals surface area contributed by atoms with Crippen molar-refractivity contribution in [3.8, 4) is 0 Å². The Balaban J connectivity index is 2.15. The fraction of sp³-hybridized carbons (Fsp3) is 0.357. The van der Waals surface area contributed by atoms with Crippen molar-refractivity contribution in [2.24, 2.45) is 0 Å². The zero-order chi connectivity index (χ0) is 14.7. The molecule has 1 aromatic heterocycles. The van der Waals surface area contributed by atoms with E-state index < -0.39 is 0 Å². The van der Waals surface area contributed by atoms with Crippen molar-refractivity contribution in [3.63, 3.8) is 0 Å². The van der Waals surface area contributed by atoms with Gasteiger partial charge in [-0.05, 0) is 20.8 Å². The van der Waals surface area contributed by atoms with Crippen LogP contribution >= 0.6 is 11.8 Å². The number of aromatic amines is 1. The molecule has 0 spiro atoms. The summed E-state index contributed by atoms with van der Waals surface area (Å²) in [4.78, 5) is 23.8.